The minimum Gasteiger partial charge on any atom is -0.457 e. The highest BCUT2D eigenvalue weighted by atomic mass is 16.5. The molecule has 0 N–H and O–H groups in total. The number of hydrogen-bond acceptors (Lipinski definition) is 3. The maximum Gasteiger partial charge on any atom is 0.238 e. The summed E-state index contributed by atoms with van der Waals surface area (Å²) in [6.45, 7) is 6.02. The molecule has 1 saturated heterocycles. The van der Waals surface area contributed by atoms with Crippen LogP contribution >= 0.6 is 0 Å². The molecule has 1 aliphatic carbocycles. The van der Waals surface area contributed by atoms with Crippen LogP contribution in [0.25, 0.3) is 0 Å². The van der Waals surface area contributed by atoms with E-state index in [-0.39, 0.29) is 29.6 Å². The van der Waals surface area contributed by atoms with Crippen molar-refractivity contribution in [1.29, 1.82) is 0 Å². The van der Waals surface area contributed by atoms with Crippen molar-refractivity contribution in [2.75, 3.05) is 4.90 Å². The van der Waals surface area contributed by atoms with Crippen molar-refractivity contribution in [2.45, 2.75) is 27.2 Å². The fourth-order valence-electron chi connectivity index (χ4n) is 4.14. The quantitative estimate of drug-likeness (QED) is 0.583. The van der Waals surface area contributed by atoms with Gasteiger partial charge in [-0.15, -0.1) is 0 Å². The summed E-state index contributed by atoms with van der Waals surface area (Å²) in [7, 11) is 0. The Balaban J connectivity index is 1.58. The van der Waals surface area contributed by atoms with Crippen LogP contribution in [0.15, 0.2) is 54.6 Å². The fraction of sp³-hybridized carbons (Fsp3) is 0.304. The predicted molar refractivity (Wildman–Crippen MR) is 105 cm³/mol. The zero-order valence-electron chi connectivity index (χ0n) is 15.8. The number of carbonyl (C=O) groups excluding carboxylic acids is 2. The number of nitrogens with zero attached hydrogens (tertiary/aromatic N) is 1. The van der Waals surface area contributed by atoms with Crippen LogP contribution in [0, 0.1) is 31.6 Å². The third-order valence-corrected chi connectivity index (χ3v) is 5.60. The van der Waals surface area contributed by atoms with E-state index >= 15 is 0 Å². The lowest BCUT2D eigenvalue weighted by atomic mass is 9.78. The molecule has 0 bridgehead atoms. The first-order valence-corrected chi connectivity index (χ1v) is 9.36. The standard InChI is InChI=1S/C23H23NO3/c1-14-6-5-9-19-20(14)23(26)24(22(19)25)17-10-12-18(13-11-17)27-21-15(2)7-4-8-16(21)3/h4-8,10-14,19-20H,9H2,1-3H3/t14-,19-,20+/m1/s1. The number of allylic oxidation sites excluding steroid dienone is 2. The first-order chi connectivity index (χ1) is 13.0. The second-order valence-corrected chi connectivity index (χ2v) is 7.48. The monoisotopic (exact) mass is 361 g/mol. The molecule has 27 heavy (non-hydrogen) atoms. The van der Waals surface area contributed by atoms with Gasteiger partial charge in [-0.3, -0.25) is 14.5 Å². The normalized spacial score (nSPS) is 24.3. The van der Waals surface area contributed by atoms with Crippen molar-refractivity contribution < 1.29 is 14.3 Å². The second kappa shape index (κ2) is 6.69. The lowest BCUT2D eigenvalue weighted by Gasteiger charge is -2.22. The van der Waals surface area contributed by atoms with Crippen LogP contribution in [0.2, 0.25) is 0 Å². The van der Waals surface area contributed by atoms with Crippen LogP contribution < -0.4 is 9.64 Å². The summed E-state index contributed by atoms with van der Waals surface area (Å²) >= 11 is 0. The van der Waals surface area contributed by atoms with E-state index in [0.29, 0.717) is 17.9 Å². The minimum atomic E-state index is -0.243. The molecule has 2 aromatic carbocycles. The van der Waals surface area contributed by atoms with E-state index in [9.17, 15) is 9.59 Å². The summed E-state index contributed by atoms with van der Waals surface area (Å²) < 4.78 is 6.02. The highest BCUT2D eigenvalue weighted by Crippen LogP contribution is 2.41. The second-order valence-electron chi connectivity index (χ2n) is 7.48. The molecular weight excluding hydrogens is 338 g/mol. The van der Waals surface area contributed by atoms with E-state index in [4.69, 9.17) is 4.74 Å². The highest BCUT2D eigenvalue weighted by molar-refractivity contribution is 6.22. The van der Waals surface area contributed by atoms with Gasteiger partial charge in [0.25, 0.3) is 0 Å². The lowest BCUT2D eigenvalue weighted by Crippen LogP contribution is -2.31. The van der Waals surface area contributed by atoms with Gasteiger partial charge in [-0.2, -0.15) is 0 Å². The Morgan fingerprint density at radius 3 is 2.26 bits per heavy atom. The van der Waals surface area contributed by atoms with Gasteiger partial charge in [0.15, 0.2) is 0 Å². The van der Waals surface area contributed by atoms with E-state index in [0.717, 1.165) is 16.9 Å². The molecule has 4 rings (SSSR count). The van der Waals surface area contributed by atoms with E-state index in [1.165, 1.54) is 4.90 Å². The van der Waals surface area contributed by atoms with E-state index in [2.05, 4.69) is 0 Å². The molecule has 0 aromatic heterocycles. The average Bonchev–Trinajstić information content (AvgIpc) is 2.91. The van der Waals surface area contributed by atoms with Gasteiger partial charge < -0.3 is 4.74 Å². The Hall–Kier alpha value is -2.88. The molecule has 1 aliphatic heterocycles. The average molecular weight is 361 g/mol. The molecule has 2 aliphatic rings. The maximum absolute atomic E-state index is 12.9. The molecule has 0 unspecified atom stereocenters. The first kappa shape index (κ1) is 17.5. The molecular formula is C23H23NO3. The van der Waals surface area contributed by atoms with Gasteiger partial charge in [0.1, 0.15) is 11.5 Å². The third-order valence-electron chi connectivity index (χ3n) is 5.60. The number of aryl methyl sites for hydroxylation is 2. The maximum atomic E-state index is 12.9. The van der Waals surface area contributed by atoms with Crippen molar-refractivity contribution in [2.24, 2.45) is 17.8 Å². The third kappa shape index (κ3) is 2.95. The smallest absolute Gasteiger partial charge is 0.238 e. The van der Waals surface area contributed by atoms with E-state index in [1.54, 1.807) is 12.1 Å². The number of fused-ring (bicyclic) bond motifs is 1. The van der Waals surface area contributed by atoms with Crippen LogP contribution in [0.5, 0.6) is 11.5 Å². The molecule has 138 valence electrons. The van der Waals surface area contributed by atoms with Gasteiger partial charge in [-0.1, -0.05) is 37.3 Å². The molecule has 2 aromatic rings. The number of rotatable bonds is 3. The SMILES string of the molecule is Cc1cccc(C)c1Oc1ccc(N2C(=O)[C@H]3[C@H](C)C=CC[C@H]3C2=O)cc1. The number of carbonyl (C=O) groups is 2. The van der Waals surface area contributed by atoms with Crippen LogP contribution in [-0.2, 0) is 9.59 Å². The van der Waals surface area contributed by atoms with E-state index < -0.39 is 0 Å². The number of amides is 2. The molecule has 0 radical (unpaired) electrons. The van der Waals surface area contributed by atoms with Crippen molar-refractivity contribution in [1.82, 2.24) is 0 Å². The van der Waals surface area contributed by atoms with Crippen LogP contribution in [0.1, 0.15) is 24.5 Å². The molecule has 0 saturated carbocycles. The van der Waals surface area contributed by atoms with Crippen LogP contribution in [-0.4, -0.2) is 11.8 Å². The summed E-state index contributed by atoms with van der Waals surface area (Å²) in [6.07, 6.45) is 4.70. The number of imide groups is 1. The predicted octanol–water partition coefficient (Wildman–Crippen LogP) is 4.80. The molecule has 0 spiro atoms. The zero-order valence-corrected chi connectivity index (χ0v) is 15.8. The number of benzene rings is 2. The molecule has 1 heterocycles. The Morgan fingerprint density at radius 2 is 1.63 bits per heavy atom. The minimum absolute atomic E-state index is 0.0923. The Bertz CT molecular complexity index is 909. The Labute approximate surface area is 159 Å². The topological polar surface area (TPSA) is 46.6 Å². The van der Waals surface area contributed by atoms with Crippen molar-refractivity contribution >= 4 is 17.5 Å². The van der Waals surface area contributed by atoms with E-state index in [1.807, 2.05) is 63.3 Å². The van der Waals surface area contributed by atoms with Gasteiger partial charge in [-0.05, 0) is 61.6 Å². The number of hydrogen-bond donors (Lipinski definition) is 0. The summed E-state index contributed by atoms with van der Waals surface area (Å²) in [5.41, 5.74) is 2.74. The van der Waals surface area contributed by atoms with Crippen molar-refractivity contribution in [3.05, 3.63) is 65.7 Å². The summed E-state index contributed by atoms with van der Waals surface area (Å²) in [4.78, 5) is 27.0. The lowest BCUT2D eigenvalue weighted by molar-refractivity contribution is -0.122. The highest BCUT2D eigenvalue weighted by Gasteiger charge is 2.50. The van der Waals surface area contributed by atoms with Crippen molar-refractivity contribution in [3.63, 3.8) is 0 Å². The van der Waals surface area contributed by atoms with Gasteiger partial charge in [0.05, 0.1) is 17.5 Å². The van der Waals surface area contributed by atoms with Crippen LogP contribution in [0.3, 0.4) is 0 Å². The Kier molecular flexibility index (Phi) is 4.34. The van der Waals surface area contributed by atoms with Gasteiger partial charge in [0.2, 0.25) is 11.8 Å². The number of anilines is 1. The molecule has 4 nitrogen and oxygen atoms in total. The van der Waals surface area contributed by atoms with Gasteiger partial charge in [0, 0.05) is 0 Å². The fourth-order valence-corrected chi connectivity index (χ4v) is 4.14. The first-order valence-electron chi connectivity index (χ1n) is 9.36. The van der Waals surface area contributed by atoms with Crippen molar-refractivity contribution in [3.8, 4) is 11.5 Å². The van der Waals surface area contributed by atoms with Gasteiger partial charge >= 0.3 is 0 Å². The summed E-state index contributed by atoms with van der Waals surface area (Å²) in [6, 6.07) is 13.2. The molecule has 1 fully saturated rings. The summed E-state index contributed by atoms with van der Waals surface area (Å²) in [5.74, 6) is 0.954. The van der Waals surface area contributed by atoms with Gasteiger partial charge in [-0.25, -0.2) is 0 Å². The molecule has 3 atom stereocenters. The zero-order chi connectivity index (χ0) is 19.1. The van der Waals surface area contributed by atoms with Crippen LogP contribution in [0.4, 0.5) is 5.69 Å². The number of ether oxygens (including phenoxy) is 1. The number of para-hydroxylation sites is 1. The Morgan fingerprint density at radius 1 is 0.963 bits per heavy atom. The molecule has 2 amide bonds. The largest absolute Gasteiger partial charge is 0.457 e. The summed E-state index contributed by atoms with van der Waals surface area (Å²) in [5, 5.41) is 0. The molecule has 4 heteroatoms.